The Morgan fingerprint density at radius 3 is 1.07 bits per heavy atom. The third-order valence-corrected chi connectivity index (χ3v) is 16.1. The van der Waals surface area contributed by atoms with E-state index in [2.05, 4.69) is 244 Å². The molecule has 2 atom stereocenters. The predicted octanol–water partition coefficient (Wildman–Crippen LogP) is 18.7. The molecule has 12 aromatic carbocycles. The van der Waals surface area contributed by atoms with E-state index in [0.717, 1.165) is 77.9 Å². The lowest BCUT2D eigenvalue weighted by atomic mass is 9.66. The molecule has 0 saturated heterocycles. The zero-order chi connectivity index (χ0) is 50.6. The number of hydrogen-bond acceptors (Lipinski definition) is 2. The van der Waals surface area contributed by atoms with Crippen LogP contribution in [0.4, 0.5) is 0 Å². The fraction of sp³-hybridized carbons (Fsp3) is 0.0685. The first-order valence-electron chi connectivity index (χ1n) is 26.1. The van der Waals surface area contributed by atoms with Gasteiger partial charge in [0, 0.05) is 23.0 Å². The van der Waals surface area contributed by atoms with Crippen molar-refractivity contribution in [1.82, 2.24) is 0 Å². The van der Waals surface area contributed by atoms with Crippen LogP contribution in [0.3, 0.4) is 0 Å². The first-order chi connectivity index (χ1) is 36.8. The Morgan fingerprint density at radius 2 is 0.627 bits per heavy atom. The van der Waals surface area contributed by atoms with Crippen molar-refractivity contribution in [2.75, 3.05) is 0 Å². The van der Waals surface area contributed by atoms with Gasteiger partial charge in [-0.05, 0) is 171 Å². The Morgan fingerprint density at radius 1 is 0.280 bits per heavy atom. The van der Waals surface area contributed by atoms with Gasteiger partial charge < -0.3 is 10.2 Å². The lowest BCUT2D eigenvalue weighted by Gasteiger charge is -2.35. The van der Waals surface area contributed by atoms with E-state index in [-0.39, 0.29) is 23.3 Å². The van der Waals surface area contributed by atoms with Crippen molar-refractivity contribution in [3.05, 3.63) is 311 Å². The van der Waals surface area contributed by atoms with Gasteiger partial charge in [0.05, 0.1) is 5.41 Å². The van der Waals surface area contributed by atoms with Crippen molar-refractivity contribution in [3.63, 3.8) is 0 Å². The van der Waals surface area contributed by atoms with Gasteiger partial charge >= 0.3 is 0 Å². The highest BCUT2D eigenvalue weighted by Crippen LogP contribution is 2.58. The highest BCUT2D eigenvalue weighted by Gasteiger charge is 2.47. The predicted molar refractivity (Wildman–Crippen MR) is 312 cm³/mol. The molecule has 0 radical (unpaired) electrons. The molecule has 2 heteroatoms. The van der Waals surface area contributed by atoms with Gasteiger partial charge in [0.1, 0.15) is 11.5 Å². The second kappa shape index (κ2) is 18.7. The molecule has 1 aliphatic rings. The van der Waals surface area contributed by atoms with Gasteiger partial charge in [-0.25, -0.2) is 0 Å². The summed E-state index contributed by atoms with van der Waals surface area (Å²) in [5.74, 6) is 0.540. The van der Waals surface area contributed by atoms with Crippen LogP contribution >= 0.6 is 0 Å². The molecule has 1 aliphatic carbocycles. The Bertz CT molecular complexity index is 3860. The van der Waals surface area contributed by atoms with Crippen LogP contribution in [0, 0.1) is 0 Å². The maximum absolute atomic E-state index is 11.4. The standard InChI is InChI=1S/C73H54O2/c1-47(49-15-5-3-6-16-49)67-43-59(33-37-71(67)74)55-23-13-25-63(41-55)73(64-26-14-24-56(42-64)60-34-38-72(75)68(44-60)48(2)50-17-7-4-8-18-50)69-45-61(57-29-27-51-19-9-11-21-53(51)39-57)31-35-65(69)66-36-32-62(46-70(66)73)58-30-28-52-20-10-12-22-54(52)40-58/h3-48,74-75H,1-2H3. The summed E-state index contributed by atoms with van der Waals surface area (Å²) in [6.45, 7) is 4.33. The Kier molecular flexibility index (Phi) is 11.4. The fourth-order valence-corrected chi connectivity index (χ4v) is 12.1. The van der Waals surface area contributed by atoms with Gasteiger partial charge in [0.15, 0.2) is 0 Å². The molecule has 0 bridgehead atoms. The van der Waals surface area contributed by atoms with Crippen LogP contribution in [-0.2, 0) is 5.41 Å². The number of phenolic OH excluding ortho intramolecular Hbond substituents is 2. The van der Waals surface area contributed by atoms with E-state index in [0.29, 0.717) is 0 Å². The Hall–Kier alpha value is -9.24. The highest BCUT2D eigenvalue weighted by molar-refractivity contribution is 5.94. The smallest absolute Gasteiger partial charge is 0.119 e. The monoisotopic (exact) mass is 962 g/mol. The molecule has 0 fully saturated rings. The quantitative estimate of drug-likeness (QED) is 0.143. The third-order valence-electron chi connectivity index (χ3n) is 16.1. The number of rotatable bonds is 10. The van der Waals surface area contributed by atoms with E-state index in [9.17, 15) is 10.2 Å². The molecule has 0 amide bonds. The molecule has 2 N–H and O–H groups in total. The minimum Gasteiger partial charge on any atom is -0.508 e. The minimum absolute atomic E-state index is 0.0184. The first-order valence-corrected chi connectivity index (χ1v) is 26.1. The van der Waals surface area contributed by atoms with Crippen LogP contribution in [-0.4, -0.2) is 10.2 Å². The molecule has 2 nitrogen and oxygen atoms in total. The average molecular weight is 963 g/mol. The normalized spacial score (nSPS) is 13.3. The summed E-state index contributed by atoms with van der Waals surface area (Å²) in [7, 11) is 0. The maximum atomic E-state index is 11.4. The Balaban J connectivity index is 1.07. The molecule has 0 saturated carbocycles. The topological polar surface area (TPSA) is 40.5 Å². The highest BCUT2D eigenvalue weighted by atomic mass is 16.3. The molecule has 75 heavy (non-hydrogen) atoms. The molecule has 2 unspecified atom stereocenters. The summed E-state index contributed by atoms with van der Waals surface area (Å²) in [5.41, 5.74) is 19.2. The van der Waals surface area contributed by atoms with E-state index >= 15 is 0 Å². The van der Waals surface area contributed by atoms with Crippen LogP contribution in [0.15, 0.2) is 267 Å². The molecule has 0 heterocycles. The summed E-state index contributed by atoms with van der Waals surface area (Å²) >= 11 is 0. The molecular weight excluding hydrogens is 909 g/mol. The van der Waals surface area contributed by atoms with Crippen molar-refractivity contribution >= 4 is 21.5 Å². The van der Waals surface area contributed by atoms with Crippen LogP contribution in [0.5, 0.6) is 11.5 Å². The van der Waals surface area contributed by atoms with Crippen molar-refractivity contribution in [3.8, 4) is 67.1 Å². The summed E-state index contributed by atoms with van der Waals surface area (Å²) in [4.78, 5) is 0. The molecule has 13 rings (SSSR count). The molecular formula is C73H54O2. The van der Waals surface area contributed by atoms with E-state index in [4.69, 9.17) is 0 Å². The van der Waals surface area contributed by atoms with Gasteiger partial charge in [-0.1, -0.05) is 220 Å². The lowest BCUT2D eigenvalue weighted by molar-refractivity contribution is 0.465. The number of aromatic hydroxyl groups is 2. The first kappa shape index (κ1) is 45.6. The number of phenols is 2. The molecule has 0 spiro atoms. The summed E-state index contributed by atoms with van der Waals surface area (Å²) in [5, 5.41) is 27.7. The summed E-state index contributed by atoms with van der Waals surface area (Å²) in [6, 6.07) is 96.2. The maximum Gasteiger partial charge on any atom is 0.119 e. The SMILES string of the molecule is CC(c1ccccc1)c1cc(-c2cccc(C3(c4cccc(-c5ccc(O)c(C(C)c6ccccc6)c5)c4)c4cc(-c5ccc6ccccc6c5)ccc4-c4ccc(-c5ccc6ccccc6c5)cc43)c2)ccc1O. The number of fused-ring (bicyclic) bond motifs is 5. The average Bonchev–Trinajstić information content (AvgIpc) is 3.83. The molecule has 358 valence electrons. The zero-order valence-electron chi connectivity index (χ0n) is 42.0. The van der Waals surface area contributed by atoms with E-state index in [1.54, 1.807) is 0 Å². The zero-order valence-corrected chi connectivity index (χ0v) is 42.0. The fourth-order valence-electron chi connectivity index (χ4n) is 12.1. The van der Waals surface area contributed by atoms with E-state index < -0.39 is 5.41 Å². The number of hydrogen-bond donors (Lipinski definition) is 2. The van der Waals surface area contributed by atoms with Gasteiger partial charge in [-0.2, -0.15) is 0 Å². The van der Waals surface area contributed by atoms with Crippen LogP contribution in [0.25, 0.3) is 77.2 Å². The van der Waals surface area contributed by atoms with E-state index in [1.807, 2.05) is 36.4 Å². The van der Waals surface area contributed by atoms with Crippen LogP contribution in [0.1, 0.15) is 70.2 Å². The van der Waals surface area contributed by atoms with Gasteiger partial charge in [-0.3, -0.25) is 0 Å². The van der Waals surface area contributed by atoms with Crippen molar-refractivity contribution in [2.45, 2.75) is 31.1 Å². The largest absolute Gasteiger partial charge is 0.508 e. The second-order valence-electron chi connectivity index (χ2n) is 20.4. The summed E-state index contributed by atoms with van der Waals surface area (Å²) < 4.78 is 0. The van der Waals surface area contributed by atoms with Crippen molar-refractivity contribution < 1.29 is 10.2 Å². The molecule has 0 aliphatic heterocycles. The second-order valence-corrected chi connectivity index (χ2v) is 20.4. The molecule has 12 aromatic rings. The van der Waals surface area contributed by atoms with Crippen LogP contribution < -0.4 is 0 Å². The third kappa shape index (κ3) is 7.98. The van der Waals surface area contributed by atoms with Crippen LogP contribution in [0.2, 0.25) is 0 Å². The summed E-state index contributed by atoms with van der Waals surface area (Å²) in [6.07, 6.45) is 0. The van der Waals surface area contributed by atoms with Crippen molar-refractivity contribution in [2.24, 2.45) is 0 Å². The van der Waals surface area contributed by atoms with Gasteiger partial charge in [-0.15, -0.1) is 0 Å². The van der Waals surface area contributed by atoms with Crippen molar-refractivity contribution in [1.29, 1.82) is 0 Å². The van der Waals surface area contributed by atoms with Gasteiger partial charge in [0.25, 0.3) is 0 Å². The van der Waals surface area contributed by atoms with Gasteiger partial charge in [0.2, 0.25) is 0 Å². The number of benzene rings is 12. The minimum atomic E-state index is -0.815. The molecule has 0 aromatic heterocycles. The Labute approximate surface area is 439 Å². The lowest BCUT2D eigenvalue weighted by Crippen LogP contribution is -2.29. The van der Waals surface area contributed by atoms with E-state index in [1.165, 1.54) is 43.8 Å².